The number of anilines is 3. The molecule has 12 heteroatoms. The van der Waals surface area contributed by atoms with E-state index in [-0.39, 0.29) is 16.9 Å². The fourth-order valence-electron chi connectivity index (χ4n) is 4.49. The highest BCUT2D eigenvalue weighted by Gasteiger charge is 2.31. The molecular formula is C30H23F3N8O. The summed E-state index contributed by atoms with van der Waals surface area (Å²) in [7, 11) is 0. The highest BCUT2D eigenvalue weighted by Crippen LogP contribution is 2.33. The molecule has 0 aliphatic carbocycles. The molecule has 0 unspecified atom stereocenters. The quantitative estimate of drug-likeness (QED) is 0.203. The van der Waals surface area contributed by atoms with Crippen molar-refractivity contribution in [3.8, 4) is 16.9 Å². The number of carbonyl (C=O) groups is 1. The van der Waals surface area contributed by atoms with Crippen molar-refractivity contribution in [1.82, 2.24) is 29.5 Å². The number of nitrogens with one attached hydrogen (secondary N) is 3. The van der Waals surface area contributed by atoms with Crippen molar-refractivity contribution in [1.29, 1.82) is 0 Å². The molecule has 0 atom stereocenters. The zero-order chi connectivity index (χ0) is 29.4. The third-order valence-electron chi connectivity index (χ3n) is 6.60. The van der Waals surface area contributed by atoms with Crippen molar-refractivity contribution in [3.63, 3.8) is 0 Å². The van der Waals surface area contributed by atoms with Gasteiger partial charge in [-0.05, 0) is 67.9 Å². The van der Waals surface area contributed by atoms with Crippen LogP contribution in [-0.2, 0) is 6.18 Å². The molecule has 0 radical (unpaired) electrons. The van der Waals surface area contributed by atoms with Crippen molar-refractivity contribution >= 4 is 34.3 Å². The number of aromatic amines is 1. The van der Waals surface area contributed by atoms with E-state index in [4.69, 9.17) is 0 Å². The lowest BCUT2D eigenvalue weighted by molar-refractivity contribution is -0.137. The van der Waals surface area contributed by atoms with E-state index >= 15 is 0 Å². The first-order chi connectivity index (χ1) is 20.1. The van der Waals surface area contributed by atoms with E-state index < -0.39 is 17.6 Å². The Labute approximate surface area is 237 Å². The fourth-order valence-corrected chi connectivity index (χ4v) is 4.49. The van der Waals surface area contributed by atoms with Crippen LogP contribution in [0.1, 0.15) is 27.2 Å². The molecular weight excluding hydrogens is 545 g/mol. The molecule has 42 heavy (non-hydrogen) atoms. The predicted molar refractivity (Wildman–Crippen MR) is 153 cm³/mol. The van der Waals surface area contributed by atoms with Gasteiger partial charge < -0.3 is 20.2 Å². The Bertz CT molecular complexity index is 1930. The second-order valence-corrected chi connectivity index (χ2v) is 9.67. The first-order valence-corrected chi connectivity index (χ1v) is 12.8. The number of fused-ring (bicyclic) bond motifs is 1. The molecule has 210 valence electrons. The van der Waals surface area contributed by atoms with Crippen molar-refractivity contribution in [3.05, 3.63) is 108 Å². The van der Waals surface area contributed by atoms with E-state index in [1.165, 1.54) is 17.0 Å². The Balaban J connectivity index is 1.30. The van der Waals surface area contributed by atoms with E-state index in [9.17, 15) is 18.0 Å². The first kappa shape index (κ1) is 26.7. The van der Waals surface area contributed by atoms with Crippen LogP contribution in [-0.4, -0.2) is 35.4 Å². The van der Waals surface area contributed by atoms with Crippen LogP contribution >= 0.6 is 0 Å². The number of carbonyl (C=O) groups excluding carboxylic acids is 1. The Hall–Kier alpha value is -5.52. The van der Waals surface area contributed by atoms with E-state index in [1.54, 1.807) is 49.9 Å². The van der Waals surface area contributed by atoms with Crippen molar-refractivity contribution < 1.29 is 18.0 Å². The van der Waals surface area contributed by atoms with Gasteiger partial charge in [0.05, 0.1) is 28.6 Å². The molecule has 0 saturated carbocycles. The van der Waals surface area contributed by atoms with Crippen LogP contribution in [0.2, 0.25) is 0 Å². The molecule has 0 bridgehead atoms. The number of hydrogen-bond donors (Lipinski definition) is 3. The summed E-state index contributed by atoms with van der Waals surface area (Å²) in [5.74, 6) is -0.275. The molecule has 6 aromatic rings. The van der Waals surface area contributed by atoms with Crippen molar-refractivity contribution in [2.24, 2.45) is 0 Å². The van der Waals surface area contributed by atoms with Crippen LogP contribution in [0.5, 0.6) is 0 Å². The molecule has 0 fully saturated rings. The van der Waals surface area contributed by atoms with Gasteiger partial charge in [0.1, 0.15) is 5.69 Å². The van der Waals surface area contributed by atoms with Crippen LogP contribution in [0.3, 0.4) is 0 Å². The van der Waals surface area contributed by atoms with E-state index in [1.807, 2.05) is 25.1 Å². The minimum absolute atomic E-state index is 0.00591. The van der Waals surface area contributed by atoms with Gasteiger partial charge in [-0.25, -0.2) is 15.0 Å². The molecule has 9 nitrogen and oxygen atoms in total. The Morgan fingerprint density at radius 2 is 1.88 bits per heavy atom. The van der Waals surface area contributed by atoms with E-state index in [0.717, 1.165) is 28.8 Å². The summed E-state index contributed by atoms with van der Waals surface area (Å²) in [6, 6.07) is 13.8. The van der Waals surface area contributed by atoms with Crippen molar-refractivity contribution in [2.75, 3.05) is 10.6 Å². The number of pyridine rings is 1. The van der Waals surface area contributed by atoms with Gasteiger partial charge in [0.2, 0.25) is 5.95 Å². The summed E-state index contributed by atoms with van der Waals surface area (Å²) in [6.07, 6.45) is 3.56. The lowest BCUT2D eigenvalue weighted by Gasteiger charge is -2.15. The summed E-state index contributed by atoms with van der Waals surface area (Å²) in [4.78, 5) is 33.9. The number of hydrogen-bond acceptors (Lipinski definition) is 6. The predicted octanol–water partition coefficient (Wildman–Crippen LogP) is 6.84. The van der Waals surface area contributed by atoms with Gasteiger partial charge in [0, 0.05) is 53.0 Å². The van der Waals surface area contributed by atoms with Gasteiger partial charge in [-0.2, -0.15) is 13.2 Å². The number of aryl methyl sites for hydroxylation is 2. The number of nitrogens with zero attached hydrogens (tertiary/aromatic N) is 5. The molecule has 4 aromatic heterocycles. The zero-order valence-electron chi connectivity index (χ0n) is 22.4. The maximum atomic E-state index is 13.7. The van der Waals surface area contributed by atoms with E-state index in [2.05, 4.69) is 35.6 Å². The smallest absolute Gasteiger partial charge is 0.358 e. The molecule has 3 N–H and O–H groups in total. The Morgan fingerprint density at radius 3 is 2.62 bits per heavy atom. The number of benzene rings is 2. The lowest BCUT2D eigenvalue weighted by atomic mass is 10.1. The summed E-state index contributed by atoms with van der Waals surface area (Å²) in [5, 5.41) is 5.80. The Morgan fingerprint density at radius 1 is 1.02 bits per heavy atom. The molecule has 2 aromatic carbocycles. The fraction of sp³-hybridized carbons (Fsp3) is 0.100. The second-order valence-electron chi connectivity index (χ2n) is 9.67. The number of imidazole rings is 1. The summed E-state index contributed by atoms with van der Waals surface area (Å²) >= 11 is 0. The average molecular weight is 569 g/mol. The third-order valence-corrected chi connectivity index (χ3v) is 6.60. The minimum Gasteiger partial charge on any atom is -0.358 e. The third kappa shape index (κ3) is 5.42. The largest absolute Gasteiger partial charge is 0.416 e. The summed E-state index contributed by atoms with van der Waals surface area (Å²) in [6.45, 7) is 3.59. The Kier molecular flexibility index (Phi) is 6.65. The van der Waals surface area contributed by atoms with Gasteiger partial charge in [-0.1, -0.05) is 6.07 Å². The maximum Gasteiger partial charge on any atom is 0.416 e. The zero-order valence-corrected chi connectivity index (χ0v) is 22.4. The van der Waals surface area contributed by atoms with E-state index in [0.29, 0.717) is 28.5 Å². The highest BCUT2D eigenvalue weighted by molar-refractivity contribution is 6.05. The van der Waals surface area contributed by atoms with Crippen LogP contribution in [0.25, 0.3) is 28.0 Å². The lowest BCUT2D eigenvalue weighted by Crippen LogP contribution is -2.14. The number of amides is 1. The van der Waals surface area contributed by atoms with Gasteiger partial charge in [0.25, 0.3) is 5.91 Å². The van der Waals surface area contributed by atoms with Crippen LogP contribution in [0, 0.1) is 13.8 Å². The molecule has 0 spiro atoms. The van der Waals surface area contributed by atoms with Gasteiger partial charge in [0.15, 0.2) is 0 Å². The monoisotopic (exact) mass is 568 g/mol. The molecule has 0 saturated heterocycles. The topological polar surface area (TPSA) is 113 Å². The molecule has 4 heterocycles. The number of halogens is 3. The highest BCUT2D eigenvalue weighted by atomic mass is 19.4. The van der Waals surface area contributed by atoms with Crippen LogP contribution in [0.4, 0.5) is 30.5 Å². The van der Waals surface area contributed by atoms with Gasteiger partial charge in [-0.3, -0.25) is 9.78 Å². The maximum absolute atomic E-state index is 13.7. The molecule has 6 rings (SSSR count). The summed E-state index contributed by atoms with van der Waals surface area (Å²) < 4.78 is 42.5. The number of H-pyrrole nitrogens is 1. The molecule has 0 aliphatic rings. The van der Waals surface area contributed by atoms with Gasteiger partial charge in [-0.15, -0.1) is 0 Å². The standard InChI is InChI=1S/C30H23F3N8O/c1-17-5-6-19(28(42)37-22-11-21(30(31,32)33)12-23(13-22)41-15-18(2)36-16-41)10-25(17)39-29-38-24-7-9-35-27(24)26(40-29)20-4-3-8-34-14-20/h3-16,35H,1-2H3,(H,37,42)(H,38,39,40). The first-order valence-electron chi connectivity index (χ1n) is 12.8. The second kappa shape index (κ2) is 10.5. The van der Waals surface area contributed by atoms with Crippen molar-refractivity contribution in [2.45, 2.75) is 20.0 Å². The summed E-state index contributed by atoms with van der Waals surface area (Å²) in [5.41, 5.74) is 4.46. The molecule has 0 aliphatic heterocycles. The SMILES string of the molecule is Cc1cn(-c2cc(NC(=O)c3ccc(C)c(Nc4nc(-c5cccnc5)c5[nH]ccc5n4)c3)cc(C(F)(F)F)c2)cn1. The number of rotatable bonds is 6. The minimum atomic E-state index is -4.61. The van der Waals surface area contributed by atoms with Gasteiger partial charge >= 0.3 is 6.18 Å². The number of alkyl halides is 3. The van der Waals surface area contributed by atoms with Crippen LogP contribution in [0.15, 0.2) is 85.7 Å². The average Bonchev–Trinajstić information content (AvgIpc) is 3.62. The molecule has 1 amide bonds. The normalized spacial score (nSPS) is 11.5. The van der Waals surface area contributed by atoms with Crippen LogP contribution < -0.4 is 10.6 Å². The number of aromatic nitrogens is 6.